The molecule has 0 fully saturated rings. The zero-order valence-corrected chi connectivity index (χ0v) is 13.9. The molecule has 0 bridgehead atoms. The Bertz CT molecular complexity index is 634. The van der Waals surface area contributed by atoms with Crippen molar-refractivity contribution >= 4 is 5.97 Å². The summed E-state index contributed by atoms with van der Waals surface area (Å²) < 4.78 is 4.62. The van der Waals surface area contributed by atoms with E-state index in [9.17, 15) is 15.0 Å². The predicted octanol–water partition coefficient (Wildman–Crippen LogP) is 3.83. The van der Waals surface area contributed by atoms with E-state index in [0.29, 0.717) is 11.1 Å². The Morgan fingerprint density at radius 1 is 1.35 bits per heavy atom. The molecular weight excluding hydrogens is 292 g/mol. The number of methoxy groups -OCH3 is 1. The molecule has 1 aromatic carbocycles. The van der Waals surface area contributed by atoms with Crippen LogP contribution in [0.3, 0.4) is 0 Å². The number of phenols is 2. The first-order valence-corrected chi connectivity index (χ1v) is 7.77. The number of aromatic hydroxyl groups is 2. The highest BCUT2D eigenvalue weighted by atomic mass is 16.5. The minimum Gasteiger partial charge on any atom is -0.507 e. The predicted molar refractivity (Wildman–Crippen MR) is 89.5 cm³/mol. The topological polar surface area (TPSA) is 66.8 Å². The second kappa shape index (κ2) is 6.90. The number of ether oxygens (including phenoxy) is 1. The quantitative estimate of drug-likeness (QED) is 0.654. The van der Waals surface area contributed by atoms with Crippen LogP contribution in [-0.2, 0) is 16.0 Å². The van der Waals surface area contributed by atoms with Gasteiger partial charge < -0.3 is 14.9 Å². The van der Waals surface area contributed by atoms with Crippen LogP contribution in [0.5, 0.6) is 11.5 Å². The number of phenolic OH excluding ortho intramolecular Hbond substituents is 2. The van der Waals surface area contributed by atoms with Gasteiger partial charge in [-0.2, -0.15) is 0 Å². The number of carbonyl (C=O) groups is 1. The standard InChI is InChI=1S/C19H24O4/c1-11(2)14-6-5-12(3)7-15(14)19-16(20)8-13(9-17(19)21)10-18(22)23-4/h7-9,14-15,20-21H,1,5-6,10H2,2-4H3. The van der Waals surface area contributed by atoms with Crippen LogP contribution in [-0.4, -0.2) is 23.3 Å². The van der Waals surface area contributed by atoms with Gasteiger partial charge in [0.25, 0.3) is 0 Å². The lowest BCUT2D eigenvalue weighted by molar-refractivity contribution is -0.139. The van der Waals surface area contributed by atoms with E-state index < -0.39 is 5.97 Å². The van der Waals surface area contributed by atoms with E-state index in [0.717, 1.165) is 18.4 Å². The number of hydrogen-bond acceptors (Lipinski definition) is 4. The van der Waals surface area contributed by atoms with Gasteiger partial charge in [0.15, 0.2) is 0 Å². The molecular formula is C19H24O4. The third kappa shape index (κ3) is 3.76. The Hall–Kier alpha value is -2.23. The van der Waals surface area contributed by atoms with Crippen molar-refractivity contribution in [3.8, 4) is 11.5 Å². The zero-order valence-electron chi connectivity index (χ0n) is 13.9. The number of hydrogen-bond donors (Lipinski definition) is 2. The van der Waals surface area contributed by atoms with Gasteiger partial charge in [0.05, 0.1) is 13.5 Å². The van der Waals surface area contributed by atoms with Gasteiger partial charge >= 0.3 is 5.97 Å². The molecule has 0 spiro atoms. The van der Waals surface area contributed by atoms with Gasteiger partial charge in [-0.05, 0) is 50.3 Å². The molecule has 1 aliphatic carbocycles. The Morgan fingerprint density at radius 3 is 2.48 bits per heavy atom. The lowest BCUT2D eigenvalue weighted by Gasteiger charge is -2.31. The largest absolute Gasteiger partial charge is 0.507 e. The van der Waals surface area contributed by atoms with Crippen molar-refractivity contribution < 1.29 is 19.7 Å². The number of rotatable bonds is 4. The highest BCUT2D eigenvalue weighted by Crippen LogP contribution is 2.46. The Labute approximate surface area is 137 Å². The fourth-order valence-electron chi connectivity index (χ4n) is 3.27. The van der Waals surface area contributed by atoms with Gasteiger partial charge in [0.1, 0.15) is 11.5 Å². The van der Waals surface area contributed by atoms with Crippen LogP contribution in [0.2, 0.25) is 0 Å². The van der Waals surface area contributed by atoms with Crippen LogP contribution in [0.15, 0.2) is 35.9 Å². The molecule has 4 heteroatoms. The number of benzene rings is 1. The summed E-state index contributed by atoms with van der Waals surface area (Å²) in [4.78, 5) is 11.4. The molecule has 124 valence electrons. The summed E-state index contributed by atoms with van der Waals surface area (Å²) in [6.07, 6.45) is 4.06. The number of carbonyl (C=O) groups excluding carboxylic acids is 1. The molecule has 0 amide bonds. The normalized spacial score (nSPS) is 20.7. The van der Waals surface area contributed by atoms with Gasteiger partial charge in [0.2, 0.25) is 0 Å². The van der Waals surface area contributed by atoms with E-state index in [1.807, 2.05) is 6.92 Å². The van der Waals surface area contributed by atoms with Crippen LogP contribution in [0.4, 0.5) is 0 Å². The number of esters is 1. The first-order valence-electron chi connectivity index (χ1n) is 7.77. The van der Waals surface area contributed by atoms with Crippen LogP contribution in [0, 0.1) is 5.92 Å². The van der Waals surface area contributed by atoms with E-state index in [2.05, 4.69) is 24.3 Å². The van der Waals surface area contributed by atoms with Crippen LogP contribution >= 0.6 is 0 Å². The maximum atomic E-state index is 11.4. The lowest BCUT2D eigenvalue weighted by Crippen LogP contribution is -2.17. The first-order chi connectivity index (χ1) is 10.8. The van der Waals surface area contributed by atoms with Crippen LogP contribution in [0.25, 0.3) is 0 Å². The molecule has 2 rings (SSSR count). The lowest BCUT2D eigenvalue weighted by atomic mass is 9.73. The molecule has 0 aromatic heterocycles. The van der Waals surface area contributed by atoms with Gasteiger partial charge in [0, 0.05) is 11.5 Å². The Kier molecular flexibility index (Phi) is 5.14. The Balaban J connectivity index is 2.43. The molecule has 0 radical (unpaired) electrons. The average Bonchev–Trinajstić information content (AvgIpc) is 2.46. The minimum absolute atomic E-state index is 0.00565. The van der Waals surface area contributed by atoms with Crippen LogP contribution < -0.4 is 0 Å². The zero-order chi connectivity index (χ0) is 17.1. The summed E-state index contributed by atoms with van der Waals surface area (Å²) in [6, 6.07) is 3.05. The molecule has 0 saturated heterocycles. The maximum absolute atomic E-state index is 11.4. The monoisotopic (exact) mass is 316 g/mol. The minimum atomic E-state index is -0.412. The third-order valence-electron chi connectivity index (χ3n) is 4.49. The van der Waals surface area contributed by atoms with Crippen molar-refractivity contribution in [1.29, 1.82) is 0 Å². The highest BCUT2D eigenvalue weighted by molar-refractivity contribution is 5.73. The van der Waals surface area contributed by atoms with Gasteiger partial charge in [-0.15, -0.1) is 0 Å². The number of allylic oxidation sites excluding steroid dienone is 3. The second-order valence-electron chi connectivity index (χ2n) is 6.33. The van der Waals surface area contributed by atoms with E-state index in [1.54, 1.807) is 0 Å². The SMILES string of the molecule is C=C(C)C1CCC(C)=CC1c1c(O)cc(CC(=O)OC)cc1O. The van der Waals surface area contributed by atoms with Crippen molar-refractivity contribution in [1.82, 2.24) is 0 Å². The molecule has 23 heavy (non-hydrogen) atoms. The average molecular weight is 316 g/mol. The van der Waals surface area contributed by atoms with E-state index >= 15 is 0 Å². The van der Waals surface area contributed by atoms with Gasteiger partial charge in [-0.3, -0.25) is 4.79 Å². The van der Waals surface area contributed by atoms with E-state index in [-0.39, 0.29) is 29.8 Å². The smallest absolute Gasteiger partial charge is 0.309 e. The fourth-order valence-corrected chi connectivity index (χ4v) is 3.27. The molecule has 0 saturated carbocycles. The summed E-state index contributed by atoms with van der Waals surface area (Å²) in [5.41, 5.74) is 3.31. The molecule has 0 aliphatic heterocycles. The van der Waals surface area contributed by atoms with Crippen molar-refractivity contribution in [3.63, 3.8) is 0 Å². The Morgan fingerprint density at radius 2 is 1.96 bits per heavy atom. The molecule has 1 aliphatic rings. The summed E-state index contributed by atoms with van der Waals surface area (Å²) in [7, 11) is 1.31. The maximum Gasteiger partial charge on any atom is 0.309 e. The second-order valence-corrected chi connectivity index (χ2v) is 6.33. The summed E-state index contributed by atoms with van der Waals surface area (Å²) >= 11 is 0. The molecule has 2 N–H and O–H groups in total. The van der Waals surface area contributed by atoms with Crippen molar-refractivity contribution in [2.45, 2.75) is 39.0 Å². The van der Waals surface area contributed by atoms with E-state index in [1.165, 1.54) is 24.8 Å². The van der Waals surface area contributed by atoms with Gasteiger partial charge in [-0.25, -0.2) is 0 Å². The van der Waals surface area contributed by atoms with Crippen molar-refractivity contribution in [3.05, 3.63) is 47.1 Å². The molecule has 1 aromatic rings. The molecule has 2 unspecified atom stereocenters. The van der Waals surface area contributed by atoms with E-state index in [4.69, 9.17) is 0 Å². The summed E-state index contributed by atoms with van der Waals surface area (Å²) in [6.45, 7) is 8.09. The first kappa shape index (κ1) is 17.1. The molecule has 0 heterocycles. The fraction of sp³-hybridized carbons (Fsp3) is 0.421. The summed E-state index contributed by atoms with van der Waals surface area (Å²) in [5.74, 6) is -0.322. The summed E-state index contributed by atoms with van der Waals surface area (Å²) in [5, 5.41) is 20.8. The third-order valence-corrected chi connectivity index (χ3v) is 4.49. The molecule has 4 nitrogen and oxygen atoms in total. The highest BCUT2D eigenvalue weighted by Gasteiger charge is 2.30. The van der Waals surface area contributed by atoms with Crippen molar-refractivity contribution in [2.75, 3.05) is 7.11 Å². The van der Waals surface area contributed by atoms with Gasteiger partial charge in [-0.1, -0.05) is 23.8 Å². The van der Waals surface area contributed by atoms with Crippen LogP contribution in [0.1, 0.15) is 43.7 Å². The molecule has 2 atom stereocenters. The van der Waals surface area contributed by atoms with Crippen molar-refractivity contribution in [2.24, 2.45) is 5.92 Å².